The van der Waals surface area contributed by atoms with Crippen LogP contribution in [0.25, 0.3) is 0 Å². The largest absolute Gasteiger partial charge is 0.352 e. The van der Waals surface area contributed by atoms with Crippen molar-refractivity contribution in [3.63, 3.8) is 0 Å². The molecule has 0 aromatic heterocycles. The van der Waals surface area contributed by atoms with Crippen LogP contribution in [-0.2, 0) is 22.6 Å². The lowest BCUT2D eigenvalue weighted by molar-refractivity contribution is -0.129. The summed E-state index contributed by atoms with van der Waals surface area (Å²) in [5.41, 5.74) is 7.74. The zero-order valence-corrected chi connectivity index (χ0v) is 15.6. The minimum Gasteiger partial charge on any atom is -0.352 e. The van der Waals surface area contributed by atoms with E-state index in [0.717, 1.165) is 12.0 Å². The Morgan fingerprint density at radius 3 is 2.43 bits per heavy atom. The van der Waals surface area contributed by atoms with Crippen molar-refractivity contribution in [3.8, 4) is 0 Å². The molecule has 2 aromatic carbocycles. The van der Waals surface area contributed by atoms with Crippen LogP contribution in [0.5, 0.6) is 0 Å². The van der Waals surface area contributed by atoms with Crippen LogP contribution in [0.3, 0.4) is 0 Å². The number of nitrogens with zero attached hydrogens (tertiary/aromatic N) is 1. The van der Waals surface area contributed by atoms with E-state index in [2.05, 4.69) is 10.6 Å². The second-order valence-electron chi connectivity index (χ2n) is 6.88. The van der Waals surface area contributed by atoms with Crippen LogP contribution in [-0.4, -0.2) is 35.8 Å². The van der Waals surface area contributed by atoms with Crippen molar-refractivity contribution in [2.75, 3.05) is 18.4 Å². The van der Waals surface area contributed by atoms with E-state index < -0.39 is 6.03 Å². The summed E-state index contributed by atoms with van der Waals surface area (Å²) in [6, 6.07) is 16.4. The van der Waals surface area contributed by atoms with Gasteiger partial charge in [-0.25, -0.2) is 4.79 Å². The summed E-state index contributed by atoms with van der Waals surface area (Å²) in [7, 11) is 0. The Morgan fingerprint density at radius 1 is 1.04 bits per heavy atom. The number of primary amides is 1. The van der Waals surface area contributed by atoms with Crippen molar-refractivity contribution in [3.05, 3.63) is 65.7 Å². The topological polar surface area (TPSA) is 105 Å². The number of likely N-dealkylation sites (tertiary alicyclic amines) is 1. The molecule has 7 heteroatoms. The highest BCUT2D eigenvalue weighted by atomic mass is 16.2. The van der Waals surface area contributed by atoms with Gasteiger partial charge in [-0.1, -0.05) is 42.5 Å². The second kappa shape index (κ2) is 9.03. The minimum absolute atomic E-state index is 0.0259. The van der Waals surface area contributed by atoms with E-state index in [1.807, 2.05) is 30.3 Å². The third-order valence-corrected chi connectivity index (χ3v) is 4.79. The minimum atomic E-state index is -0.622. The summed E-state index contributed by atoms with van der Waals surface area (Å²) in [5, 5.41) is 5.37. The zero-order chi connectivity index (χ0) is 19.9. The monoisotopic (exact) mass is 380 g/mol. The molecule has 7 nitrogen and oxygen atoms in total. The molecule has 146 valence electrons. The van der Waals surface area contributed by atoms with E-state index >= 15 is 0 Å². The van der Waals surface area contributed by atoms with Gasteiger partial charge >= 0.3 is 6.03 Å². The first-order chi connectivity index (χ1) is 13.5. The van der Waals surface area contributed by atoms with Crippen LogP contribution < -0.4 is 16.4 Å². The lowest BCUT2D eigenvalue weighted by Crippen LogP contribution is -2.33. The number of nitrogens with two attached hydrogens (primary N) is 1. The summed E-state index contributed by atoms with van der Waals surface area (Å²) < 4.78 is 0. The molecule has 1 aliphatic heterocycles. The van der Waals surface area contributed by atoms with Crippen molar-refractivity contribution >= 4 is 23.5 Å². The molecule has 1 heterocycles. The van der Waals surface area contributed by atoms with Crippen molar-refractivity contribution in [1.29, 1.82) is 0 Å². The summed E-state index contributed by atoms with van der Waals surface area (Å²) in [6.07, 6.45) is 1.04. The van der Waals surface area contributed by atoms with E-state index in [-0.39, 0.29) is 24.2 Å². The Bertz CT molecular complexity index is 836. The van der Waals surface area contributed by atoms with Gasteiger partial charge in [0.2, 0.25) is 11.8 Å². The first-order valence-electron chi connectivity index (χ1n) is 9.26. The number of carbonyl (C=O) groups excluding carboxylic acids is 3. The highest BCUT2D eigenvalue weighted by molar-refractivity contribution is 5.89. The molecular formula is C21H24N4O3. The van der Waals surface area contributed by atoms with Crippen molar-refractivity contribution < 1.29 is 14.4 Å². The molecule has 0 bridgehead atoms. The quantitative estimate of drug-likeness (QED) is 0.683. The normalized spacial score (nSPS) is 16.1. The predicted octanol–water partition coefficient (Wildman–Crippen LogP) is 1.88. The second-order valence-corrected chi connectivity index (χ2v) is 6.88. The van der Waals surface area contributed by atoms with Crippen LogP contribution in [0.1, 0.15) is 17.5 Å². The summed E-state index contributed by atoms with van der Waals surface area (Å²) in [4.78, 5) is 37.2. The number of hydrogen-bond donors (Lipinski definition) is 3. The van der Waals surface area contributed by atoms with Crippen LogP contribution in [0.2, 0.25) is 0 Å². The molecule has 28 heavy (non-hydrogen) atoms. The van der Waals surface area contributed by atoms with Crippen LogP contribution >= 0.6 is 0 Å². The molecule has 3 rings (SSSR count). The van der Waals surface area contributed by atoms with Gasteiger partial charge in [-0.05, 0) is 29.7 Å². The van der Waals surface area contributed by atoms with Crippen LogP contribution in [0.4, 0.5) is 10.5 Å². The van der Waals surface area contributed by atoms with E-state index in [9.17, 15) is 14.4 Å². The lowest BCUT2D eigenvalue weighted by Gasteiger charge is -2.16. The number of hydrogen-bond acceptors (Lipinski definition) is 3. The van der Waals surface area contributed by atoms with E-state index in [1.54, 1.807) is 29.2 Å². The molecule has 1 atom stereocenters. The number of benzene rings is 2. The zero-order valence-electron chi connectivity index (χ0n) is 15.6. The van der Waals surface area contributed by atoms with E-state index in [1.165, 1.54) is 5.56 Å². The van der Waals surface area contributed by atoms with Gasteiger partial charge < -0.3 is 21.3 Å². The Kier molecular flexibility index (Phi) is 6.26. The molecule has 2 aromatic rings. The van der Waals surface area contributed by atoms with Crippen molar-refractivity contribution in [2.24, 2.45) is 11.7 Å². The van der Waals surface area contributed by atoms with Crippen LogP contribution in [0.15, 0.2) is 54.6 Å². The fourth-order valence-corrected chi connectivity index (χ4v) is 3.25. The molecule has 1 saturated heterocycles. The van der Waals surface area contributed by atoms with Gasteiger partial charge in [-0.2, -0.15) is 0 Å². The Hall–Kier alpha value is -3.35. The average Bonchev–Trinajstić information content (AvgIpc) is 3.07. The molecule has 1 aliphatic rings. The lowest BCUT2D eigenvalue weighted by atomic mass is 10.1. The van der Waals surface area contributed by atoms with Gasteiger partial charge in [-0.3, -0.25) is 9.59 Å². The first-order valence-corrected chi connectivity index (χ1v) is 9.26. The molecule has 0 spiro atoms. The first kappa shape index (κ1) is 19.4. The van der Waals surface area contributed by atoms with Gasteiger partial charge in [0, 0.05) is 31.7 Å². The number of nitrogens with one attached hydrogen (secondary N) is 2. The fourth-order valence-electron chi connectivity index (χ4n) is 3.25. The molecule has 0 aliphatic carbocycles. The van der Waals surface area contributed by atoms with Gasteiger partial charge in [-0.15, -0.1) is 0 Å². The fraction of sp³-hybridized carbons (Fsp3) is 0.286. The highest BCUT2D eigenvalue weighted by Gasteiger charge is 2.33. The molecule has 1 unspecified atom stereocenters. The standard InChI is InChI=1S/C21H24N4O3/c22-21(28)24-18-8-6-16(7-9-18)13-23-20(27)17-12-19(26)25(14-17)11-10-15-4-2-1-3-5-15/h1-9,17H,10-14H2,(H,23,27)(H3,22,24,28). The van der Waals surface area contributed by atoms with Crippen LogP contribution in [0, 0.1) is 5.92 Å². The molecular weight excluding hydrogens is 356 g/mol. The number of urea groups is 1. The highest BCUT2D eigenvalue weighted by Crippen LogP contribution is 2.19. The summed E-state index contributed by atoms with van der Waals surface area (Å²) in [5.74, 6) is -0.410. The SMILES string of the molecule is NC(=O)Nc1ccc(CNC(=O)C2CC(=O)N(CCc3ccccc3)C2)cc1. The third kappa shape index (κ3) is 5.33. The number of rotatable bonds is 7. The van der Waals surface area contributed by atoms with Gasteiger partial charge in [0.15, 0.2) is 0 Å². The Balaban J connectivity index is 1.45. The molecule has 4 amide bonds. The maximum absolute atomic E-state index is 12.4. The number of carbonyl (C=O) groups is 3. The molecule has 4 N–H and O–H groups in total. The summed E-state index contributed by atoms with van der Waals surface area (Å²) in [6.45, 7) is 1.45. The van der Waals surface area contributed by atoms with Crippen molar-refractivity contribution in [2.45, 2.75) is 19.4 Å². The van der Waals surface area contributed by atoms with E-state index in [4.69, 9.17) is 5.73 Å². The summed E-state index contributed by atoms with van der Waals surface area (Å²) >= 11 is 0. The molecule has 1 fully saturated rings. The van der Waals surface area contributed by atoms with Gasteiger partial charge in [0.1, 0.15) is 0 Å². The molecule has 0 radical (unpaired) electrons. The predicted molar refractivity (Wildman–Crippen MR) is 106 cm³/mol. The average molecular weight is 380 g/mol. The number of anilines is 1. The smallest absolute Gasteiger partial charge is 0.316 e. The number of amides is 4. The van der Waals surface area contributed by atoms with E-state index in [0.29, 0.717) is 25.3 Å². The Morgan fingerprint density at radius 2 is 1.75 bits per heavy atom. The maximum atomic E-state index is 12.4. The Labute approximate surface area is 163 Å². The van der Waals surface area contributed by atoms with Gasteiger partial charge in [0.05, 0.1) is 5.92 Å². The maximum Gasteiger partial charge on any atom is 0.316 e. The van der Waals surface area contributed by atoms with Gasteiger partial charge in [0.25, 0.3) is 0 Å². The molecule has 0 saturated carbocycles. The third-order valence-electron chi connectivity index (χ3n) is 4.79. The van der Waals surface area contributed by atoms with Crippen molar-refractivity contribution in [1.82, 2.24) is 10.2 Å².